The summed E-state index contributed by atoms with van der Waals surface area (Å²) in [6.07, 6.45) is 6.03. The molecule has 0 radical (unpaired) electrons. The number of ether oxygens (including phenoxy) is 2. The van der Waals surface area contributed by atoms with Crippen molar-refractivity contribution in [2.45, 2.75) is 77.0 Å². The molecule has 1 aliphatic heterocycles. The van der Waals surface area contributed by atoms with Crippen LogP contribution >= 0.6 is 0 Å². The van der Waals surface area contributed by atoms with Crippen molar-refractivity contribution in [2.75, 3.05) is 13.2 Å². The lowest BCUT2D eigenvalue weighted by Crippen LogP contribution is -2.41. The van der Waals surface area contributed by atoms with E-state index < -0.39 is 8.32 Å². The molecule has 0 amide bonds. The third-order valence-corrected chi connectivity index (χ3v) is 8.94. The van der Waals surface area contributed by atoms with Crippen molar-refractivity contribution >= 4 is 8.32 Å². The van der Waals surface area contributed by atoms with Crippen molar-refractivity contribution in [3.63, 3.8) is 0 Å². The van der Waals surface area contributed by atoms with Crippen LogP contribution in [0.1, 0.15) is 46.5 Å². The van der Waals surface area contributed by atoms with Crippen LogP contribution in [0.25, 0.3) is 0 Å². The summed E-state index contributed by atoms with van der Waals surface area (Å²) in [5.74, 6) is 0. The maximum atomic E-state index is 6.19. The summed E-state index contributed by atoms with van der Waals surface area (Å²) in [4.78, 5) is 0. The second kappa shape index (κ2) is 7.73. The monoisotopic (exact) mass is 300 g/mol. The highest BCUT2D eigenvalue weighted by Crippen LogP contribution is 2.36. The van der Waals surface area contributed by atoms with Crippen LogP contribution in [0.5, 0.6) is 0 Å². The lowest BCUT2D eigenvalue weighted by atomic mass is 10.2. The van der Waals surface area contributed by atoms with E-state index in [4.69, 9.17) is 13.9 Å². The predicted molar refractivity (Wildman–Crippen MR) is 86.4 cm³/mol. The van der Waals surface area contributed by atoms with Gasteiger partial charge in [0.25, 0.3) is 0 Å². The molecule has 0 aromatic rings. The maximum absolute atomic E-state index is 6.19. The molecule has 0 aromatic heterocycles. The molecule has 20 heavy (non-hydrogen) atoms. The van der Waals surface area contributed by atoms with Gasteiger partial charge >= 0.3 is 0 Å². The van der Waals surface area contributed by atoms with Gasteiger partial charge in [0.2, 0.25) is 0 Å². The zero-order valence-corrected chi connectivity index (χ0v) is 14.9. The van der Waals surface area contributed by atoms with Crippen molar-refractivity contribution < 1.29 is 13.9 Å². The summed E-state index contributed by atoms with van der Waals surface area (Å²) >= 11 is 0. The molecule has 0 spiro atoms. The molecule has 1 saturated heterocycles. The normalized spacial score (nSPS) is 22.6. The van der Waals surface area contributed by atoms with Gasteiger partial charge in [-0.3, -0.25) is 0 Å². The van der Waals surface area contributed by atoms with Gasteiger partial charge in [0, 0.05) is 13.2 Å². The van der Waals surface area contributed by atoms with Crippen LogP contribution in [0.4, 0.5) is 0 Å². The fourth-order valence-corrected chi connectivity index (χ4v) is 2.96. The second-order valence-corrected chi connectivity index (χ2v) is 11.9. The highest BCUT2D eigenvalue weighted by atomic mass is 28.4. The van der Waals surface area contributed by atoms with Gasteiger partial charge in [-0.25, -0.2) is 0 Å². The highest BCUT2D eigenvalue weighted by Gasteiger charge is 2.37. The molecule has 1 aliphatic rings. The Balaban J connectivity index is 2.32. The zero-order chi connectivity index (χ0) is 15.2. The van der Waals surface area contributed by atoms with Gasteiger partial charge in [0.05, 0.1) is 6.10 Å². The third-order valence-electron chi connectivity index (χ3n) is 4.40. The van der Waals surface area contributed by atoms with Gasteiger partial charge in [0.15, 0.2) is 14.6 Å². The maximum Gasteiger partial charge on any atom is 0.191 e. The number of hydrogen-bond acceptors (Lipinski definition) is 3. The molecular formula is C16H32O3Si. The summed E-state index contributed by atoms with van der Waals surface area (Å²) in [6, 6.07) is 0. The standard InChI is InChI=1S/C16H32O3Si/c1-7-14(19-15-10-8-9-12-17-15)11-13-18-20(5,6)16(2,3)4/h7,14-15H,1,8-13H2,2-6H3. The van der Waals surface area contributed by atoms with Crippen molar-refractivity contribution in [3.8, 4) is 0 Å². The summed E-state index contributed by atoms with van der Waals surface area (Å²) in [5.41, 5.74) is 0. The smallest absolute Gasteiger partial charge is 0.191 e. The van der Waals surface area contributed by atoms with E-state index in [0.717, 1.165) is 32.5 Å². The molecule has 0 aromatic carbocycles. The molecule has 3 nitrogen and oxygen atoms in total. The summed E-state index contributed by atoms with van der Waals surface area (Å²) in [5, 5.41) is 0.254. The Hall–Kier alpha value is -0.163. The van der Waals surface area contributed by atoms with Crippen molar-refractivity contribution in [1.82, 2.24) is 0 Å². The first kappa shape index (κ1) is 17.9. The molecule has 0 aliphatic carbocycles. The van der Waals surface area contributed by atoms with Crippen LogP contribution in [0.2, 0.25) is 18.1 Å². The van der Waals surface area contributed by atoms with Crippen LogP contribution in [0, 0.1) is 0 Å². The molecule has 0 saturated carbocycles. The first-order valence-corrected chi connectivity index (χ1v) is 10.7. The fourth-order valence-electron chi connectivity index (χ4n) is 1.90. The summed E-state index contributed by atoms with van der Waals surface area (Å²) in [6.45, 7) is 16.8. The lowest BCUT2D eigenvalue weighted by Gasteiger charge is -2.36. The van der Waals surface area contributed by atoms with Crippen LogP contribution < -0.4 is 0 Å². The van der Waals surface area contributed by atoms with Gasteiger partial charge in [0.1, 0.15) is 0 Å². The Kier molecular flexibility index (Phi) is 6.92. The molecule has 4 heteroatoms. The van der Waals surface area contributed by atoms with Crippen LogP contribution in [0.15, 0.2) is 12.7 Å². The highest BCUT2D eigenvalue weighted by molar-refractivity contribution is 6.74. The second-order valence-electron chi connectivity index (χ2n) is 7.10. The van der Waals surface area contributed by atoms with Gasteiger partial charge in [-0.2, -0.15) is 0 Å². The topological polar surface area (TPSA) is 27.7 Å². The molecule has 118 valence electrons. The minimum Gasteiger partial charge on any atom is -0.417 e. The average molecular weight is 301 g/mol. The van der Waals surface area contributed by atoms with E-state index in [-0.39, 0.29) is 17.4 Å². The van der Waals surface area contributed by atoms with Crippen LogP contribution in [0.3, 0.4) is 0 Å². The first-order chi connectivity index (χ1) is 9.26. The predicted octanol–water partition coefficient (Wildman–Crippen LogP) is 4.50. The lowest BCUT2D eigenvalue weighted by molar-refractivity contribution is -0.180. The van der Waals surface area contributed by atoms with Crippen molar-refractivity contribution in [1.29, 1.82) is 0 Å². The quantitative estimate of drug-likeness (QED) is 0.512. The molecule has 1 rings (SSSR count). The van der Waals surface area contributed by atoms with Gasteiger partial charge in [-0.1, -0.05) is 26.8 Å². The molecular weight excluding hydrogens is 268 g/mol. The largest absolute Gasteiger partial charge is 0.417 e. The minimum atomic E-state index is -1.66. The average Bonchev–Trinajstić information content (AvgIpc) is 2.37. The van der Waals surface area contributed by atoms with E-state index >= 15 is 0 Å². The van der Waals surface area contributed by atoms with Gasteiger partial charge in [-0.05, 0) is 43.8 Å². The van der Waals surface area contributed by atoms with E-state index in [2.05, 4.69) is 40.4 Å². The molecule has 0 N–H and O–H groups in total. The summed E-state index contributed by atoms with van der Waals surface area (Å²) < 4.78 is 17.7. The van der Waals surface area contributed by atoms with Crippen LogP contribution in [-0.2, 0) is 13.9 Å². The number of rotatable bonds is 7. The molecule has 2 atom stereocenters. The van der Waals surface area contributed by atoms with Crippen molar-refractivity contribution in [3.05, 3.63) is 12.7 Å². The first-order valence-electron chi connectivity index (χ1n) is 7.80. The zero-order valence-electron chi connectivity index (χ0n) is 13.9. The molecule has 1 fully saturated rings. The number of hydrogen-bond donors (Lipinski definition) is 0. The van der Waals surface area contributed by atoms with Crippen molar-refractivity contribution in [2.24, 2.45) is 0 Å². The minimum absolute atomic E-state index is 0.0304. The van der Waals surface area contributed by atoms with E-state index in [1.807, 2.05) is 6.08 Å². The Labute approximate surface area is 125 Å². The van der Waals surface area contributed by atoms with E-state index in [9.17, 15) is 0 Å². The van der Waals surface area contributed by atoms with E-state index in [0.29, 0.717) is 0 Å². The third kappa shape index (κ3) is 5.68. The fraction of sp³-hybridized carbons (Fsp3) is 0.875. The van der Waals surface area contributed by atoms with Gasteiger partial charge in [-0.15, -0.1) is 6.58 Å². The molecule has 0 bridgehead atoms. The Bertz CT molecular complexity index is 291. The summed E-state index contributed by atoms with van der Waals surface area (Å²) in [7, 11) is -1.66. The molecule has 1 heterocycles. The van der Waals surface area contributed by atoms with Gasteiger partial charge < -0.3 is 13.9 Å². The van der Waals surface area contributed by atoms with E-state index in [1.54, 1.807) is 0 Å². The Morgan fingerprint density at radius 3 is 2.55 bits per heavy atom. The SMILES string of the molecule is C=CC(CCO[Si](C)(C)C(C)(C)C)OC1CCCCO1. The van der Waals surface area contributed by atoms with Crippen LogP contribution in [-0.4, -0.2) is 33.9 Å². The van der Waals surface area contributed by atoms with E-state index in [1.165, 1.54) is 6.42 Å². The molecule has 2 unspecified atom stereocenters. The Morgan fingerprint density at radius 1 is 1.35 bits per heavy atom. The Morgan fingerprint density at radius 2 is 2.05 bits per heavy atom.